The molecule has 0 atom stereocenters. The molecule has 0 aliphatic heterocycles. The Bertz CT molecular complexity index is 889. The SMILES string of the molecule is Cc1cccnc1NC(=O)c1cc2cc([N+](=O)[O-])ccc2s1. The molecule has 0 aliphatic carbocycles. The molecule has 22 heavy (non-hydrogen) atoms. The number of fused-ring (bicyclic) bond motifs is 1. The second kappa shape index (κ2) is 5.53. The smallest absolute Gasteiger partial charge is 0.270 e. The molecule has 0 bridgehead atoms. The van der Waals surface area contributed by atoms with Crippen LogP contribution in [-0.2, 0) is 0 Å². The predicted octanol–water partition coefficient (Wildman–Crippen LogP) is 3.77. The van der Waals surface area contributed by atoms with E-state index in [1.165, 1.54) is 23.5 Å². The molecule has 0 aliphatic rings. The molecule has 0 saturated heterocycles. The summed E-state index contributed by atoms with van der Waals surface area (Å²) >= 11 is 1.29. The van der Waals surface area contributed by atoms with Gasteiger partial charge in [-0.05, 0) is 30.7 Å². The normalized spacial score (nSPS) is 10.6. The number of non-ortho nitro benzene ring substituents is 1. The zero-order valence-corrected chi connectivity index (χ0v) is 12.4. The molecule has 1 amide bonds. The van der Waals surface area contributed by atoms with Crippen LogP contribution in [0.2, 0.25) is 0 Å². The zero-order chi connectivity index (χ0) is 15.7. The second-order valence-electron chi connectivity index (χ2n) is 4.71. The first-order valence-electron chi connectivity index (χ1n) is 6.45. The monoisotopic (exact) mass is 313 g/mol. The van der Waals surface area contributed by atoms with E-state index in [-0.39, 0.29) is 11.6 Å². The van der Waals surface area contributed by atoms with Gasteiger partial charge in [0, 0.05) is 28.4 Å². The van der Waals surface area contributed by atoms with Crippen molar-refractivity contribution in [1.29, 1.82) is 0 Å². The maximum Gasteiger partial charge on any atom is 0.270 e. The molecule has 1 N–H and O–H groups in total. The van der Waals surface area contributed by atoms with Crippen LogP contribution in [0.4, 0.5) is 11.5 Å². The van der Waals surface area contributed by atoms with Crippen LogP contribution in [-0.4, -0.2) is 15.8 Å². The Balaban J connectivity index is 1.91. The number of carbonyl (C=O) groups is 1. The van der Waals surface area contributed by atoms with Crippen molar-refractivity contribution >= 4 is 38.8 Å². The summed E-state index contributed by atoms with van der Waals surface area (Å²) in [5, 5.41) is 14.2. The van der Waals surface area contributed by atoms with E-state index in [0.29, 0.717) is 16.1 Å². The number of rotatable bonds is 3. The fourth-order valence-corrected chi connectivity index (χ4v) is 2.98. The summed E-state index contributed by atoms with van der Waals surface area (Å²) in [4.78, 5) is 27.2. The van der Waals surface area contributed by atoms with Crippen LogP contribution in [0, 0.1) is 17.0 Å². The van der Waals surface area contributed by atoms with E-state index in [9.17, 15) is 14.9 Å². The van der Waals surface area contributed by atoms with E-state index in [2.05, 4.69) is 10.3 Å². The number of pyridine rings is 1. The highest BCUT2D eigenvalue weighted by Gasteiger charge is 2.14. The van der Waals surface area contributed by atoms with Crippen LogP contribution in [0.25, 0.3) is 10.1 Å². The van der Waals surface area contributed by atoms with E-state index in [1.54, 1.807) is 24.4 Å². The third-order valence-electron chi connectivity index (χ3n) is 3.18. The van der Waals surface area contributed by atoms with Gasteiger partial charge in [0.2, 0.25) is 0 Å². The van der Waals surface area contributed by atoms with Gasteiger partial charge in [-0.2, -0.15) is 0 Å². The second-order valence-corrected chi connectivity index (χ2v) is 5.80. The Morgan fingerprint density at radius 1 is 1.32 bits per heavy atom. The third kappa shape index (κ3) is 2.66. The molecule has 2 heterocycles. The molecule has 3 aromatic rings. The first-order valence-corrected chi connectivity index (χ1v) is 7.27. The Morgan fingerprint density at radius 2 is 2.14 bits per heavy atom. The highest BCUT2D eigenvalue weighted by atomic mass is 32.1. The van der Waals surface area contributed by atoms with Crippen molar-refractivity contribution in [2.75, 3.05) is 5.32 Å². The number of thiophene rings is 1. The van der Waals surface area contributed by atoms with Crippen molar-refractivity contribution in [3.8, 4) is 0 Å². The summed E-state index contributed by atoms with van der Waals surface area (Å²) in [5.74, 6) is 0.238. The molecule has 0 spiro atoms. The molecule has 7 heteroatoms. The van der Waals surface area contributed by atoms with Gasteiger partial charge in [0.1, 0.15) is 5.82 Å². The van der Waals surface area contributed by atoms with E-state index in [1.807, 2.05) is 13.0 Å². The molecule has 2 aromatic heterocycles. The van der Waals surface area contributed by atoms with Gasteiger partial charge in [-0.25, -0.2) is 4.98 Å². The number of carbonyl (C=O) groups excluding carboxylic acids is 1. The molecule has 6 nitrogen and oxygen atoms in total. The maximum absolute atomic E-state index is 12.3. The molecule has 0 radical (unpaired) electrons. The van der Waals surface area contributed by atoms with Crippen molar-refractivity contribution in [1.82, 2.24) is 4.98 Å². The van der Waals surface area contributed by atoms with Crippen LogP contribution in [0.15, 0.2) is 42.6 Å². The molecule has 1 aromatic carbocycles. The number of nitro benzene ring substituents is 1. The van der Waals surface area contributed by atoms with Gasteiger partial charge in [0.05, 0.1) is 9.80 Å². The molecular weight excluding hydrogens is 302 g/mol. The number of aryl methyl sites for hydroxylation is 1. The van der Waals surface area contributed by atoms with E-state index in [4.69, 9.17) is 0 Å². The van der Waals surface area contributed by atoms with Gasteiger partial charge < -0.3 is 5.32 Å². The van der Waals surface area contributed by atoms with Crippen LogP contribution in [0.1, 0.15) is 15.2 Å². The predicted molar refractivity (Wildman–Crippen MR) is 85.4 cm³/mol. The number of anilines is 1. The molecule has 110 valence electrons. The molecule has 0 fully saturated rings. The van der Waals surface area contributed by atoms with Gasteiger partial charge in [-0.1, -0.05) is 6.07 Å². The Labute approximate surface area is 129 Å². The van der Waals surface area contributed by atoms with Gasteiger partial charge in [0.25, 0.3) is 11.6 Å². The number of nitro groups is 1. The number of nitrogens with one attached hydrogen (secondary N) is 1. The fraction of sp³-hybridized carbons (Fsp3) is 0.0667. The number of nitrogens with zero attached hydrogens (tertiary/aromatic N) is 2. The van der Waals surface area contributed by atoms with Gasteiger partial charge in [-0.15, -0.1) is 11.3 Å². The van der Waals surface area contributed by atoms with Gasteiger partial charge >= 0.3 is 0 Å². The fourth-order valence-electron chi connectivity index (χ4n) is 2.04. The lowest BCUT2D eigenvalue weighted by Gasteiger charge is -2.04. The van der Waals surface area contributed by atoms with Crippen LogP contribution in [0.5, 0.6) is 0 Å². The lowest BCUT2D eigenvalue weighted by Crippen LogP contribution is -2.12. The number of amides is 1. The van der Waals surface area contributed by atoms with Crippen LogP contribution in [0.3, 0.4) is 0 Å². The summed E-state index contributed by atoms with van der Waals surface area (Å²) in [6, 6.07) is 9.86. The van der Waals surface area contributed by atoms with E-state index >= 15 is 0 Å². The van der Waals surface area contributed by atoms with Crippen molar-refractivity contribution in [3.63, 3.8) is 0 Å². The standard InChI is InChI=1S/C15H11N3O3S/c1-9-3-2-6-16-14(9)17-15(19)13-8-10-7-11(18(20)21)4-5-12(10)22-13/h2-8H,1H3,(H,16,17,19). The average Bonchev–Trinajstić information content (AvgIpc) is 2.92. The number of aromatic nitrogens is 1. The van der Waals surface area contributed by atoms with Crippen LogP contribution >= 0.6 is 11.3 Å². The summed E-state index contributed by atoms with van der Waals surface area (Å²) < 4.78 is 0.827. The van der Waals surface area contributed by atoms with Crippen LogP contribution < -0.4 is 5.32 Å². The largest absolute Gasteiger partial charge is 0.306 e. The minimum atomic E-state index is -0.450. The van der Waals surface area contributed by atoms with E-state index < -0.39 is 4.92 Å². The molecule has 3 rings (SSSR count). The first kappa shape index (κ1) is 14.2. The van der Waals surface area contributed by atoms with E-state index in [0.717, 1.165) is 10.3 Å². The number of benzene rings is 1. The summed E-state index contributed by atoms with van der Waals surface area (Å²) in [5.41, 5.74) is 0.880. The highest BCUT2D eigenvalue weighted by Crippen LogP contribution is 2.29. The van der Waals surface area contributed by atoms with Crippen molar-refractivity contribution < 1.29 is 9.72 Å². The van der Waals surface area contributed by atoms with Crippen molar-refractivity contribution in [3.05, 3.63) is 63.1 Å². The molecule has 0 saturated carbocycles. The highest BCUT2D eigenvalue weighted by molar-refractivity contribution is 7.20. The summed E-state index contributed by atoms with van der Waals surface area (Å²) in [6.45, 7) is 1.86. The Morgan fingerprint density at radius 3 is 2.86 bits per heavy atom. The first-order chi connectivity index (χ1) is 10.5. The Kier molecular flexibility index (Phi) is 3.56. The quantitative estimate of drug-likeness (QED) is 0.589. The summed E-state index contributed by atoms with van der Waals surface area (Å²) in [6.07, 6.45) is 1.61. The van der Waals surface area contributed by atoms with Crippen molar-refractivity contribution in [2.24, 2.45) is 0 Å². The average molecular weight is 313 g/mol. The van der Waals surface area contributed by atoms with Crippen molar-refractivity contribution in [2.45, 2.75) is 6.92 Å². The summed E-state index contributed by atoms with van der Waals surface area (Å²) in [7, 11) is 0. The minimum Gasteiger partial charge on any atom is -0.306 e. The van der Waals surface area contributed by atoms with Gasteiger partial charge in [-0.3, -0.25) is 14.9 Å². The number of hydrogen-bond donors (Lipinski definition) is 1. The zero-order valence-electron chi connectivity index (χ0n) is 11.6. The lowest BCUT2D eigenvalue weighted by atomic mass is 10.2. The number of hydrogen-bond acceptors (Lipinski definition) is 5. The minimum absolute atomic E-state index is 0.0119. The molecular formula is C15H11N3O3S. The maximum atomic E-state index is 12.3. The van der Waals surface area contributed by atoms with Gasteiger partial charge in [0.15, 0.2) is 0 Å². The lowest BCUT2D eigenvalue weighted by molar-refractivity contribution is -0.384. The Hall–Kier alpha value is -2.80. The molecule has 0 unspecified atom stereocenters. The topological polar surface area (TPSA) is 85.1 Å². The third-order valence-corrected chi connectivity index (χ3v) is 4.29.